The molecule has 1 amide bonds. The van der Waals surface area contributed by atoms with Crippen LogP contribution in [0.25, 0.3) is 11.0 Å². The Kier molecular flexibility index (Phi) is 3.28. The van der Waals surface area contributed by atoms with Crippen molar-refractivity contribution in [3.05, 3.63) is 24.0 Å². The van der Waals surface area contributed by atoms with Crippen LogP contribution in [-0.2, 0) is 11.3 Å². The van der Waals surface area contributed by atoms with Gasteiger partial charge in [-0.25, -0.2) is 4.98 Å². The highest BCUT2D eigenvalue weighted by molar-refractivity contribution is 5.89. The number of nitrogen functional groups attached to an aromatic ring is 1. The monoisotopic (exact) mass is 298 g/mol. The summed E-state index contributed by atoms with van der Waals surface area (Å²) in [6.45, 7) is 0.349. The molecule has 1 heterocycles. The number of hydrogen-bond donors (Lipinski definition) is 2. The van der Waals surface area contributed by atoms with E-state index in [1.807, 2.05) is 18.2 Å². The van der Waals surface area contributed by atoms with Gasteiger partial charge in [0.05, 0.1) is 11.2 Å². The predicted molar refractivity (Wildman–Crippen MR) is 86.5 cm³/mol. The summed E-state index contributed by atoms with van der Waals surface area (Å²) in [6.07, 6.45) is 6.99. The minimum absolute atomic E-state index is 0.0931. The van der Waals surface area contributed by atoms with Crippen LogP contribution in [-0.4, -0.2) is 21.5 Å². The number of aromatic nitrogens is 2. The van der Waals surface area contributed by atoms with Crippen LogP contribution in [0.3, 0.4) is 0 Å². The molecule has 2 fully saturated rings. The molecular formula is C17H22N4O. The van der Waals surface area contributed by atoms with Crippen molar-refractivity contribution < 1.29 is 4.79 Å². The van der Waals surface area contributed by atoms with E-state index < -0.39 is 0 Å². The summed E-state index contributed by atoms with van der Waals surface area (Å²) in [5.41, 5.74) is 8.54. The Balaban J connectivity index is 1.63. The lowest BCUT2D eigenvalue weighted by atomic mass is 10.2. The first-order valence-corrected chi connectivity index (χ1v) is 8.26. The molecule has 1 aromatic heterocycles. The van der Waals surface area contributed by atoms with Crippen LogP contribution in [0, 0.1) is 0 Å². The van der Waals surface area contributed by atoms with E-state index in [0.717, 1.165) is 42.5 Å². The maximum Gasteiger partial charge on any atom is 0.240 e. The average molecular weight is 298 g/mol. The standard InChI is InChI=1S/C17H22N4O/c18-13-6-3-7-14-16(13)20-17(11-8-9-11)21(14)10-15(22)19-12-4-1-2-5-12/h3,6-7,11-12H,1-2,4-5,8-10,18H2,(H,19,22). The van der Waals surface area contributed by atoms with Crippen LogP contribution in [0.1, 0.15) is 50.3 Å². The zero-order chi connectivity index (χ0) is 15.1. The number of para-hydroxylation sites is 1. The van der Waals surface area contributed by atoms with Crippen LogP contribution >= 0.6 is 0 Å². The molecule has 116 valence electrons. The van der Waals surface area contributed by atoms with Crippen molar-refractivity contribution >= 4 is 22.6 Å². The number of carbonyl (C=O) groups excluding carboxylic acids is 1. The van der Waals surface area contributed by atoms with E-state index in [1.165, 1.54) is 12.8 Å². The van der Waals surface area contributed by atoms with Crippen molar-refractivity contribution in [2.24, 2.45) is 0 Å². The van der Waals surface area contributed by atoms with E-state index in [0.29, 0.717) is 24.2 Å². The second-order valence-corrected chi connectivity index (χ2v) is 6.59. The lowest BCUT2D eigenvalue weighted by Gasteiger charge is -2.14. The smallest absolute Gasteiger partial charge is 0.240 e. The molecule has 2 aliphatic carbocycles. The van der Waals surface area contributed by atoms with Crippen molar-refractivity contribution in [3.63, 3.8) is 0 Å². The zero-order valence-electron chi connectivity index (χ0n) is 12.7. The van der Waals surface area contributed by atoms with Gasteiger partial charge < -0.3 is 15.6 Å². The topological polar surface area (TPSA) is 72.9 Å². The molecule has 0 spiro atoms. The van der Waals surface area contributed by atoms with Crippen LogP contribution in [0.15, 0.2) is 18.2 Å². The fourth-order valence-corrected chi connectivity index (χ4v) is 3.49. The van der Waals surface area contributed by atoms with Gasteiger partial charge in [0.1, 0.15) is 17.9 Å². The molecular weight excluding hydrogens is 276 g/mol. The number of nitrogens with one attached hydrogen (secondary N) is 1. The van der Waals surface area contributed by atoms with Crippen molar-refractivity contribution in [2.45, 2.75) is 57.0 Å². The van der Waals surface area contributed by atoms with Gasteiger partial charge in [-0.2, -0.15) is 0 Å². The third-order valence-electron chi connectivity index (χ3n) is 4.80. The highest BCUT2D eigenvalue weighted by Crippen LogP contribution is 2.41. The Morgan fingerprint density at radius 2 is 2.05 bits per heavy atom. The van der Waals surface area contributed by atoms with E-state index in [4.69, 9.17) is 10.7 Å². The Bertz CT molecular complexity index is 711. The van der Waals surface area contributed by atoms with Gasteiger partial charge >= 0.3 is 0 Å². The SMILES string of the molecule is Nc1cccc2c1nc(C1CC1)n2CC(=O)NC1CCCC1. The van der Waals surface area contributed by atoms with Gasteiger partial charge in [-0.05, 0) is 37.8 Å². The lowest BCUT2D eigenvalue weighted by molar-refractivity contribution is -0.122. The summed E-state index contributed by atoms with van der Waals surface area (Å²) in [6, 6.07) is 6.17. The number of carbonyl (C=O) groups is 1. The summed E-state index contributed by atoms with van der Waals surface area (Å²) in [5, 5.41) is 3.16. The first-order valence-electron chi connectivity index (χ1n) is 8.26. The van der Waals surface area contributed by atoms with Crippen molar-refractivity contribution in [2.75, 3.05) is 5.73 Å². The predicted octanol–water partition coefficient (Wildman–Crippen LogP) is 2.55. The van der Waals surface area contributed by atoms with Crippen LogP contribution in [0.5, 0.6) is 0 Å². The number of nitrogens with zero attached hydrogens (tertiary/aromatic N) is 2. The minimum atomic E-state index is 0.0931. The molecule has 22 heavy (non-hydrogen) atoms. The molecule has 0 saturated heterocycles. The molecule has 2 aromatic rings. The number of anilines is 1. The van der Waals surface area contributed by atoms with Gasteiger partial charge in [-0.15, -0.1) is 0 Å². The number of benzene rings is 1. The summed E-state index contributed by atoms with van der Waals surface area (Å²) in [7, 11) is 0. The van der Waals surface area contributed by atoms with E-state index in [2.05, 4.69) is 9.88 Å². The second-order valence-electron chi connectivity index (χ2n) is 6.59. The normalized spacial score (nSPS) is 18.9. The highest BCUT2D eigenvalue weighted by Gasteiger charge is 2.30. The van der Waals surface area contributed by atoms with E-state index >= 15 is 0 Å². The van der Waals surface area contributed by atoms with E-state index in [1.54, 1.807) is 0 Å². The van der Waals surface area contributed by atoms with Gasteiger partial charge in [0.25, 0.3) is 0 Å². The van der Waals surface area contributed by atoms with Gasteiger partial charge in [-0.1, -0.05) is 18.9 Å². The summed E-state index contributed by atoms with van der Waals surface area (Å²) in [5.74, 6) is 1.61. The van der Waals surface area contributed by atoms with E-state index in [9.17, 15) is 4.79 Å². The van der Waals surface area contributed by atoms with Crippen LogP contribution in [0.4, 0.5) is 5.69 Å². The van der Waals surface area contributed by atoms with E-state index in [-0.39, 0.29) is 5.91 Å². The Morgan fingerprint density at radius 1 is 1.27 bits per heavy atom. The summed E-state index contributed by atoms with van der Waals surface area (Å²) in [4.78, 5) is 17.1. The average Bonchev–Trinajstić information content (AvgIpc) is 3.09. The number of imidazole rings is 1. The molecule has 0 atom stereocenters. The number of nitrogens with two attached hydrogens (primary N) is 1. The second kappa shape index (κ2) is 5.30. The minimum Gasteiger partial charge on any atom is -0.397 e. The maximum atomic E-state index is 12.4. The Morgan fingerprint density at radius 3 is 2.77 bits per heavy atom. The molecule has 4 rings (SSSR count). The maximum absolute atomic E-state index is 12.4. The molecule has 5 nitrogen and oxygen atoms in total. The number of hydrogen-bond acceptors (Lipinski definition) is 3. The van der Waals surface area contributed by atoms with Crippen LogP contribution < -0.4 is 11.1 Å². The van der Waals surface area contributed by atoms with Crippen molar-refractivity contribution in [1.29, 1.82) is 0 Å². The zero-order valence-corrected chi connectivity index (χ0v) is 12.7. The third kappa shape index (κ3) is 2.45. The van der Waals surface area contributed by atoms with Gasteiger partial charge in [0.15, 0.2) is 0 Å². The summed E-state index contributed by atoms with van der Waals surface area (Å²) < 4.78 is 2.06. The number of fused-ring (bicyclic) bond motifs is 1. The third-order valence-corrected chi connectivity index (χ3v) is 4.80. The van der Waals surface area contributed by atoms with Crippen molar-refractivity contribution in [3.8, 4) is 0 Å². The molecule has 2 aliphatic rings. The molecule has 0 aliphatic heterocycles. The molecule has 5 heteroatoms. The fourth-order valence-electron chi connectivity index (χ4n) is 3.49. The first-order chi connectivity index (χ1) is 10.7. The molecule has 1 aromatic carbocycles. The van der Waals surface area contributed by atoms with Crippen molar-refractivity contribution in [1.82, 2.24) is 14.9 Å². The highest BCUT2D eigenvalue weighted by atomic mass is 16.2. The fraction of sp³-hybridized carbons (Fsp3) is 0.529. The Hall–Kier alpha value is -2.04. The number of amides is 1. The molecule has 0 unspecified atom stereocenters. The molecule has 0 bridgehead atoms. The van der Waals surface area contributed by atoms with Gasteiger partial charge in [-0.3, -0.25) is 4.79 Å². The lowest BCUT2D eigenvalue weighted by Crippen LogP contribution is -2.35. The Labute approximate surface area is 129 Å². The molecule has 3 N–H and O–H groups in total. The largest absolute Gasteiger partial charge is 0.397 e. The molecule has 2 saturated carbocycles. The quantitative estimate of drug-likeness (QED) is 0.852. The molecule has 0 radical (unpaired) electrons. The van der Waals surface area contributed by atoms with Gasteiger partial charge in [0, 0.05) is 12.0 Å². The van der Waals surface area contributed by atoms with Gasteiger partial charge in [0.2, 0.25) is 5.91 Å². The number of rotatable bonds is 4. The van der Waals surface area contributed by atoms with Crippen LogP contribution in [0.2, 0.25) is 0 Å². The summed E-state index contributed by atoms with van der Waals surface area (Å²) >= 11 is 0. The first kappa shape index (κ1) is 13.6.